The Hall–Kier alpha value is -0.870. The van der Waals surface area contributed by atoms with Gasteiger partial charge in [0.2, 0.25) is 0 Å². The summed E-state index contributed by atoms with van der Waals surface area (Å²) in [6, 6.07) is 4.74. The van der Waals surface area contributed by atoms with Crippen molar-refractivity contribution in [3.8, 4) is 0 Å². The van der Waals surface area contributed by atoms with E-state index in [0.717, 1.165) is 25.4 Å². The minimum absolute atomic E-state index is 0.0322. The van der Waals surface area contributed by atoms with Crippen molar-refractivity contribution >= 4 is 17.5 Å². The van der Waals surface area contributed by atoms with E-state index in [1.54, 1.807) is 19.1 Å². The molecule has 1 fully saturated rings. The number of carbonyl (C=O) groups excluding carboxylic acids is 1. The summed E-state index contributed by atoms with van der Waals surface area (Å²) in [4.78, 5) is 14.4. The number of benzene rings is 1. The highest BCUT2D eigenvalue weighted by atomic mass is 32.2. The zero-order valence-electron chi connectivity index (χ0n) is 11.5. The average Bonchev–Trinajstić information content (AvgIpc) is 2.39. The van der Waals surface area contributed by atoms with Crippen LogP contribution in [0.2, 0.25) is 0 Å². The smallest absolute Gasteiger partial charge is 0.164 e. The number of halogens is 1. The van der Waals surface area contributed by atoms with Gasteiger partial charge in [-0.3, -0.25) is 4.79 Å². The molecule has 2 rings (SSSR count). The first-order valence-corrected chi connectivity index (χ1v) is 7.74. The number of rotatable bonds is 4. The quantitative estimate of drug-likeness (QED) is 0.791. The van der Waals surface area contributed by atoms with Crippen molar-refractivity contribution < 1.29 is 9.18 Å². The molecule has 1 aliphatic heterocycles. The van der Waals surface area contributed by atoms with Crippen LogP contribution in [-0.2, 0) is 0 Å². The zero-order chi connectivity index (χ0) is 13.8. The zero-order valence-corrected chi connectivity index (χ0v) is 12.3. The van der Waals surface area contributed by atoms with Gasteiger partial charge >= 0.3 is 0 Å². The molecule has 0 N–H and O–H groups in total. The van der Waals surface area contributed by atoms with Gasteiger partial charge in [-0.1, -0.05) is 19.1 Å². The summed E-state index contributed by atoms with van der Waals surface area (Å²) in [6.45, 7) is 6.79. The van der Waals surface area contributed by atoms with E-state index in [1.807, 2.05) is 11.8 Å². The van der Waals surface area contributed by atoms with Gasteiger partial charge in [0.15, 0.2) is 5.78 Å². The lowest BCUT2D eigenvalue weighted by atomic mass is 10.1. The highest BCUT2D eigenvalue weighted by Gasteiger charge is 2.17. The Bertz CT molecular complexity index is 463. The van der Waals surface area contributed by atoms with E-state index in [-0.39, 0.29) is 11.6 Å². The number of carbonyl (C=O) groups is 1. The van der Waals surface area contributed by atoms with Crippen LogP contribution in [0.3, 0.4) is 0 Å². The second-order valence-electron chi connectivity index (χ2n) is 5.12. The molecule has 0 aliphatic carbocycles. The van der Waals surface area contributed by atoms with Crippen molar-refractivity contribution in [1.82, 2.24) is 4.90 Å². The second-order valence-corrected chi connectivity index (χ2v) is 6.67. The fourth-order valence-electron chi connectivity index (χ4n) is 2.26. The molecule has 1 aromatic rings. The predicted molar refractivity (Wildman–Crippen MR) is 78.4 cm³/mol. The van der Waals surface area contributed by atoms with E-state index in [2.05, 4.69) is 11.8 Å². The lowest BCUT2D eigenvalue weighted by molar-refractivity contribution is 0.0964. The summed E-state index contributed by atoms with van der Waals surface area (Å²) in [5, 5.41) is 0.640. The number of aryl methyl sites for hydroxylation is 1. The normalized spacial score (nSPS) is 20.5. The van der Waals surface area contributed by atoms with Gasteiger partial charge in [0, 0.05) is 42.6 Å². The molecule has 0 radical (unpaired) electrons. The number of thioether (sulfide) groups is 1. The van der Waals surface area contributed by atoms with E-state index in [1.165, 1.54) is 6.07 Å². The third kappa shape index (κ3) is 4.05. The average molecular weight is 281 g/mol. The fourth-order valence-corrected chi connectivity index (χ4v) is 3.35. The third-order valence-corrected chi connectivity index (χ3v) is 4.61. The Balaban J connectivity index is 1.88. The highest BCUT2D eigenvalue weighted by Crippen LogP contribution is 2.18. The number of hydrogen-bond donors (Lipinski definition) is 0. The van der Waals surface area contributed by atoms with Gasteiger partial charge in [-0.2, -0.15) is 11.8 Å². The first-order valence-electron chi connectivity index (χ1n) is 6.69. The number of Topliss-reactive ketones (excluding diaryl/α,β-unsaturated/α-hetero) is 1. The molecule has 0 saturated carbocycles. The third-order valence-electron chi connectivity index (χ3n) is 3.47. The first-order chi connectivity index (χ1) is 9.06. The van der Waals surface area contributed by atoms with Crippen molar-refractivity contribution in [2.75, 3.05) is 25.4 Å². The molecule has 1 aliphatic rings. The van der Waals surface area contributed by atoms with Crippen LogP contribution in [0.25, 0.3) is 0 Å². The molecule has 1 saturated heterocycles. The lowest BCUT2D eigenvalue weighted by Crippen LogP contribution is -2.37. The molecular formula is C15H20FNOS. The van der Waals surface area contributed by atoms with Crippen LogP contribution in [0.5, 0.6) is 0 Å². The monoisotopic (exact) mass is 281 g/mol. The molecule has 104 valence electrons. The van der Waals surface area contributed by atoms with Gasteiger partial charge < -0.3 is 4.90 Å². The van der Waals surface area contributed by atoms with Crippen LogP contribution < -0.4 is 0 Å². The van der Waals surface area contributed by atoms with Gasteiger partial charge in [-0.25, -0.2) is 4.39 Å². The van der Waals surface area contributed by atoms with E-state index in [0.29, 0.717) is 22.8 Å². The largest absolute Gasteiger partial charge is 0.301 e. The summed E-state index contributed by atoms with van der Waals surface area (Å²) in [6.07, 6.45) is 0.472. The van der Waals surface area contributed by atoms with Crippen molar-refractivity contribution in [1.29, 1.82) is 0 Å². The summed E-state index contributed by atoms with van der Waals surface area (Å²) in [7, 11) is 0. The van der Waals surface area contributed by atoms with Crippen molar-refractivity contribution in [2.45, 2.75) is 25.5 Å². The Morgan fingerprint density at radius 1 is 1.53 bits per heavy atom. The first kappa shape index (κ1) is 14.5. The SMILES string of the molecule is Cc1ccc(C(=O)CCN2CCSC(C)C2)cc1F. The summed E-state index contributed by atoms with van der Waals surface area (Å²) in [5.74, 6) is 0.868. The molecule has 1 unspecified atom stereocenters. The molecule has 4 heteroatoms. The maximum absolute atomic E-state index is 13.4. The topological polar surface area (TPSA) is 20.3 Å². The summed E-state index contributed by atoms with van der Waals surface area (Å²) >= 11 is 1.98. The van der Waals surface area contributed by atoms with E-state index in [9.17, 15) is 9.18 Å². The van der Waals surface area contributed by atoms with Crippen LogP contribution in [0.1, 0.15) is 29.3 Å². The highest BCUT2D eigenvalue weighted by molar-refractivity contribution is 7.99. The van der Waals surface area contributed by atoms with Crippen LogP contribution in [-0.4, -0.2) is 41.3 Å². The molecular weight excluding hydrogens is 261 g/mol. The molecule has 2 nitrogen and oxygen atoms in total. The second kappa shape index (κ2) is 6.53. The van der Waals surface area contributed by atoms with Gasteiger partial charge in [0.05, 0.1) is 0 Å². The minimum Gasteiger partial charge on any atom is -0.301 e. The lowest BCUT2D eigenvalue weighted by Gasteiger charge is -2.30. The maximum atomic E-state index is 13.4. The van der Waals surface area contributed by atoms with Crippen LogP contribution in [0.15, 0.2) is 18.2 Å². The maximum Gasteiger partial charge on any atom is 0.164 e. The Morgan fingerprint density at radius 2 is 2.32 bits per heavy atom. The number of nitrogens with zero attached hydrogens (tertiary/aromatic N) is 1. The molecule has 1 aromatic carbocycles. The standard InChI is InChI=1S/C15H20FNOS/c1-11-3-4-13(9-14(11)16)15(18)5-6-17-7-8-19-12(2)10-17/h3-4,9,12H,5-8,10H2,1-2H3. The Morgan fingerprint density at radius 3 is 3.00 bits per heavy atom. The molecule has 19 heavy (non-hydrogen) atoms. The molecule has 1 atom stereocenters. The van der Waals surface area contributed by atoms with Crippen LogP contribution in [0.4, 0.5) is 4.39 Å². The summed E-state index contributed by atoms with van der Waals surface area (Å²) < 4.78 is 13.4. The van der Waals surface area contributed by atoms with Crippen molar-refractivity contribution in [3.63, 3.8) is 0 Å². The van der Waals surface area contributed by atoms with Gasteiger partial charge in [-0.15, -0.1) is 0 Å². The summed E-state index contributed by atoms with van der Waals surface area (Å²) in [5.41, 5.74) is 1.07. The van der Waals surface area contributed by atoms with Crippen LogP contribution in [0, 0.1) is 12.7 Å². The van der Waals surface area contributed by atoms with Crippen LogP contribution >= 0.6 is 11.8 Å². The Labute approximate surface area is 118 Å². The van der Waals surface area contributed by atoms with Gasteiger partial charge in [0.1, 0.15) is 5.82 Å². The number of hydrogen-bond acceptors (Lipinski definition) is 3. The minimum atomic E-state index is -0.297. The number of ketones is 1. The predicted octanol–water partition coefficient (Wildman–Crippen LogP) is 3.14. The van der Waals surface area contributed by atoms with E-state index >= 15 is 0 Å². The van der Waals surface area contributed by atoms with Crippen molar-refractivity contribution in [2.24, 2.45) is 0 Å². The van der Waals surface area contributed by atoms with Gasteiger partial charge in [-0.05, 0) is 18.6 Å². The van der Waals surface area contributed by atoms with Gasteiger partial charge in [0.25, 0.3) is 0 Å². The molecule has 1 heterocycles. The molecule has 0 spiro atoms. The van der Waals surface area contributed by atoms with Crippen molar-refractivity contribution in [3.05, 3.63) is 35.1 Å². The fraction of sp³-hybridized carbons (Fsp3) is 0.533. The Kier molecular flexibility index (Phi) is 4.99. The molecule has 0 bridgehead atoms. The molecule has 0 aromatic heterocycles. The van der Waals surface area contributed by atoms with E-state index in [4.69, 9.17) is 0 Å². The molecule has 0 amide bonds. The van der Waals surface area contributed by atoms with E-state index < -0.39 is 0 Å².